The van der Waals surface area contributed by atoms with Gasteiger partial charge in [-0.15, -0.1) is 0 Å². The van der Waals surface area contributed by atoms with Gasteiger partial charge in [0.1, 0.15) is 5.75 Å². The van der Waals surface area contributed by atoms with Crippen molar-refractivity contribution in [3.8, 4) is 5.75 Å². The lowest BCUT2D eigenvalue weighted by Gasteiger charge is -2.32. The van der Waals surface area contributed by atoms with Gasteiger partial charge in [0, 0.05) is 37.9 Å². The van der Waals surface area contributed by atoms with E-state index in [1.165, 1.54) is 6.92 Å². The van der Waals surface area contributed by atoms with Gasteiger partial charge in [-0.25, -0.2) is 4.79 Å². The van der Waals surface area contributed by atoms with E-state index >= 15 is 0 Å². The lowest BCUT2D eigenvalue weighted by molar-refractivity contribution is -0.136. The highest BCUT2D eigenvalue weighted by Crippen LogP contribution is 2.24. The molecule has 0 unspecified atom stereocenters. The molecule has 0 aromatic heterocycles. The minimum absolute atomic E-state index is 0.162. The molecule has 2 aromatic carbocycles. The van der Waals surface area contributed by atoms with Crippen molar-refractivity contribution in [2.24, 2.45) is 5.92 Å². The maximum absolute atomic E-state index is 12.6. The van der Waals surface area contributed by atoms with Crippen LogP contribution in [-0.4, -0.2) is 55.4 Å². The lowest BCUT2D eigenvalue weighted by Crippen LogP contribution is -2.44. The predicted molar refractivity (Wildman–Crippen MR) is 129 cm³/mol. The maximum atomic E-state index is 12.6. The van der Waals surface area contributed by atoms with Crippen LogP contribution >= 0.6 is 0 Å². The van der Waals surface area contributed by atoms with Crippen LogP contribution < -0.4 is 26.0 Å². The normalized spacial score (nSPS) is 13.5. The van der Waals surface area contributed by atoms with Crippen molar-refractivity contribution in [1.29, 1.82) is 0 Å². The minimum atomic E-state index is -0.784. The Kier molecular flexibility index (Phi) is 8.44. The van der Waals surface area contributed by atoms with Gasteiger partial charge in [0.05, 0.1) is 12.8 Å². The number of hydrogen-bond donors (Lipinski definition) is 4. The number of nitrogens with one attached hydrogen (secondary N) is 4. The average Bonchev–Trinajstić information content (AvgIpc) is 2.83. The van der Waals surface area contributed by atoms with Crippen LogP contribution in [0.2, 0.25) is 0 Å². The zero-order chi connectivity index (χ0) is 24.5. The number of urea groups is 1. The Balaban J connectivity index is 1.41. The van der Waals surface area contributed by atoms with Crippen LogP contribution in [0.3, 0.4) is 0 Å². The van der Waals surface area contributed by atoms with Crippen LogP contribution in [0.15, 0.2) is 48.5 Å². The van der Waals surface area contributed by atoms with Crippen LogP contribution in [0.5, 0.6) is 5.75 Å². The smallest absolute Gasteiger partial charge is 0.321 e. The monoisotopic (exact) mass is 467 g/mol. The molecule has 10 heteroatoms. The molecule has 0 spiro atoms. The highest BCUT2D eigenvalue weighted by Gasteiger charge is 2.24. The van der Waals surface area contributed by atoms with Gasteiger partial charge in [-0.05, 0) is 49.1 Å². The Morgan fingerprint density at radius 3 is 2.26 bits per heavy atom. The number of para-hydroxylation sites is 2. The van der Waals surface area contributed by atoms with E-state index in [2.05, 4.69) is 21.3 Å². The standard InChI is InChI=1S/C24H29N5O5/c1-16(30)26-18-6-5-7-19(14-18)27-23(32)22(31)25-15-17-10-12-29(13-11-17)24(33)28-20-8-3-4-9-21(20)34-2/h3-9,14,17H,10-13,15H2,1-2H3,(H,25,31)(H,26,30)(H,27,32)(H,28,33). The molecule has 0 atom stereocenters. The van der Waals surface area contributed by atoms with E-state index in [1.807, 2.05) is 12.1 Å². The number of methoxy groups -OCH3 is 1. The van der Waals surface area contributed by atoms with Crippen molar-refractivity contribution in [2.45, 2.75) is 19.8 Å². The van der Waals surface area contributed by atoms with Crippen molar-refractivity contribution < 1.29 is 23.9 Å². The first-order valence-corrected chi connectivity index (χ1v) is 11.0. The van der Waals surface area contributed by atoms with Crippen molar-refractivity contribution in [3.05, 3.63) is 48.5 Å². The number of ether oxygens (including phenoxy) is 1. The van der Waals surface area contributed by atoms with Crippen LogP contribution in [0.4, 0.5) is 21.9 Å². The quantitative estimate of drug-likeness (QED) is 0.486. The predicted octanol–water partition coefficient (Wildman–Crippen LogP) is 2.65. The highest BCUT2D eigenvalue weighted by molar-refractivity contribution is 6.39. The van der Waals surface area contributed by atoms with Gasteiger partial charge >= 0.3 is 17.8 Å². The Morgan fingerprint density at radius 2 is 1.59 bits per heavy atom. The first-order chi connectivity index (χ1) is 16.4. The summed E-state index contributed by atoms with van der Waals surface area (Å²) in [6.45, 7) is 2.82. The largest absolute Gasteiger partial charge is 0.495 e. The Labute approximate surface area is 198 Å². The average molecular weight is 468 g/mol. The molecule has 0 aliphatic carbocycles. The summed E-state index contributed by atoms with van der Waals surface area (Å²) < 4.78 is 5.26. The van der Waals surface area contributed by atoms with Crippen molar-refractivity contribution in [1.82, 2.24) is 10.2 Å². The number of piperidine rings is 1. The Bertz CT molecular complexity index is 1050. The number of hydrogen-bond acceptors (Lipinski definition) is 5. The van der Waals surface area contributed by atoms with E-state index in [9.17, 15) is 19.2 Å². The number of carbonyl (C=O) groups excluding carboxylic acids is 4. The van der Waals surface area contributed by atoms with E-state index < -0.39 is 11.8 Å². The molecule has 10 nitrogen and oxygen atoms in total. The summed E-state index contributed by atoms with van der Waals surface area (Å²) in [5, 5.41) is 10.7. The number of benzene rings is 2. The topological polar surface area (TPSA) is 129 Å². The molecule has 1 aliphatic rings. The second kappa shape index (κ2) is 11.7. The molecular weight excluding hydrogens is 438 g/mol. The molecule has 180 valence electrons. The molecule has 1 heterocycles. The van der Waals surface area contributed by atoms with Crippen molar-refractivity contribution in [2.75, 3.05) is 42.7 Å². The summed E-state index contributed by atoms with van der Waals surface area (Å²) in [6, 6.07) is 13.5. The molecule has 34 heavy (non-hydrogen) atoms. The molecule has 0 saturated carbocycles. The fourth-order valence-corrected chi connectivity index (χ4v) is 3.67. The first kappa shape index (κ1) is 24.6. The number of anilines is 3. The summed E-state index contributed by atoms with van der Waals surface area (Å²) in [6.07, 6.45) is 1.42. The third-order valence-corrected chi connectivity index (χ3v) is 5.45. The minimum Gasteiger partial charge on any atom is -0.495 e. The van der Waals surface area contributed by atoms with Crippen LogP contribution in [0.1, 0.15) is 19.8 Å². The molecule has 0 bridgehead atoms. The first-order valence-electron chi connectivity index (χ1n) is 11.0. The fraction of sp³-hybridized carbons (Fsp3) is 0.333. The van der Waals surface area contributed by atoms with Crippen molar-refractivity contribution in [3.63, 3.8) is 0 Å². The van der Waals surface area contributed by atoms with E-state index in [0.717, 1.165) is 0 Å². The molecule has 1 fully saturated rings. The second-order valence-electron chi connectivity index (χ2n) is 7.99. The van der Waals surface area contributed by atoms with Gasteiger partial charge in [0.2, 0.25) is 5.91 Å². The van der Waals surface area contributed by atoms with E-state index in [-0.39, 0.29) is 17.9 Å². The molecule has 5 amide bonds. The summed E-state index contributed by atoms with van der Waals surface area (Å²) in [7, 11) is 1.55. The molecule has 1 saturated heterocycles. The molecule has 0 radical (unpaired) electrons. The van der Waals surface area contributed by atoms with Crippen LogP contribution in [0.25, 0.3) is 0 Å². The third-order valence-electron chi connectivity index (χ3n) is 5.45. The number of rotatable bonds is 6. The number of amides is 5. The summed E-state index contributed by atoms with van der Waals surface area (Å²) in [5.41, 5.74) is 1.53. The molecular formula is C24H29N5O5. The van der Waals surface area contributed by atoms with E-state index in [0.29, 0.717) is 55.3 Å². The van der Waals surface area contributed by atoms with Crippen LogP contribution in [0, 0.1) is 5.92 Å². The van der Waals surface area contributed by atoms with E-state index in [1.54, 1.807) is 48.4 Å². The molecule has 1 aliphatic heterocycles. The van der Waals surface area contributed by atoms with Crippen molar-refractivity contribution >= 4 is 40.8 Å². The number of nitrogens with zero attached hydrogens (tertiary/aromatic N) is 1. The fourth-order valence-electron chi connectivity index (χ4n) is 3.67. The SMILES string of the molecule is COc1ccccc1NC(=O)N1CCC(CNC(=O)C(=O)Nc2cccc(NC(C)=O)c2)CC1. The zero-order valence-corrected chi connectivity index (χ0v) is 19.2. The van der Waals surface area contributed by atoms with E-state index in [4.69, 9.17) is 4.74 Å². The van der Waals surface area contributed by atoms with Crippen LogP contribution in [-0.2, 0) is 14.4 Å². The molecule has 3 rings (SSSR count). The maximum Gasteiger partial charge on any atom is 0.321 e. The second-order valence-corrected chi connectivity index (χ2v) is 7.99. The van der Waals surface area contributed by atoms with Gasteiger partial charge in [0.15, 0.2) is 0 Å². The number of likely N-dealkylation sites (tertiary alicyclic amines) is 1. The summed E-state index contributed by atoms with van der Waals surface area (Å²) >= 11 is 0. The Morgan fingerprint density at radius 1 is 0.912 bits per heavy atom. The van der Waals surface area contributed by atoms with Gasteiger partial charge in [-0.2, -0.15) is 0 Å². The summed E-state index contributed by atoms with van der Waals surface area (Å²) in [4.78, 5) is 49.9. The lowest BCUT2D eigenvalue weighted by atomic mass is 9.97. The van der Waals surface area contributed by atoms with Gasteiger partial charge < -0.3 is 30.9 Å². The zero-order valence-electron chi connectivity index (χ0n) is 19.2. The van der Waals surface area contributed by atoms with Gasteiger partial charge in [-0.3, -0.25) is 14.4 Å². The molecule has 4 N–H and O–H groups in total. The molecule has 2 aromatic rings. The van der Waals surface area contributed by atoms with Gasteiger partial charge in [0.25, 0.3) is 0 Å². The van der Waals surface area contributed by atoms with Gasteiger partial charge in [-0.1, -0.05) is 18.2 Å². The highest BCUT2D eigenvalue weighted by atomic mass is 16.5. The number of carbonyl (C=O) groups is 4. The third kappa shape index (κ3) is 6.96. The Hall–Kier alpha value is -4.08. The summed E-state index contributed by atoms with van der Waals surface area (Å²) in [5.74, 6) is -0.997.